The van der Waals surface area contributed by atoms with Crippen molar-refractivity contribution in [3.05, 3.63) is 71.9 Å². The van der Waals surface area contributed by atoms with Gasteiger partial charge in [0, 0.05) is 12.2 Å². The number of allylic oxidation sites excluding steroid dienone is 1. The van der Waals surface area contributed by atoms with Crippen molar-refractivity contribution in [2.24, 2.45) is 10.8 Å². The first kappa shape index (κ1) is 25.2. The molecule has 4 nitrogen and oxygen atoms in total. The molecule has 0 fully saturated rings. The van der Waals surface area contributed by atoms with E-state index in [1.807, 2.05) is 13.8 Å². The number of hydrogen-bond acceptors (Lipinski definition) is 4. The molecule has 0 bridgehead atoms. The summed E-state index contributed by atoms with van der Waals surface area (Å²) in [6.45, 7) is 6.24. The molecule has 2 rings (SSSR count). The number of benzene rings is 2. The fraction of sp³-hybridized carbons (Fsp3) is 0.333. The van der Waals surface area contributed by atoms with Crippen molar-refractivity contribution >= 4 is 29.5 Å². The van der Waals surface area contributed by atoms with E-state index in [2.05, 4.69) is 10.2 Å². The van der Waals surface area contributed by atoms with Gasteiger partial charge in [-0.15, -0.1) is 0 Å². The van der Waals surface area contributed by atoms with E-state index in [4.69, 9.17) is 4.74 Å². The lowest BCUT2D eigenvalue weighted by molar-refractivity contribution is -0.138. The maximum atomic E-state index is 14.3. The maximum Gasteiger partial charge on any atom is 0.432 e. The van der Waals surface area contributed by atoms with Crippen LogP contribution in [0.2, 0.25) is 0 Å². The van der Waals surface area contributed by atoms with Gasteiger partial charge in [0.2, 0.25) is 0 Å². The second-order valence-electron chi connectivity index (χ2n) is 7.69. The minimum Gasteiger partial charge on any atom is -0.462 e. The van der Waals surface area contributed by atoms with Crippen molar-refractivity contribution in [3.8, 4) is 0 Å². The van der Waals surface area contributed by atoms with Crippen molar-refractivity contribution in [2.45, 2.75) is 33.9 Å². The Labute approximate surface area is 187 Å². The Morgan fingerprint density at radius 2 is 1.53 bits per heavy atom. The fourth-order valence-electron chi connectivity index (χ4n) is 3.10. The van der Waals surface area contributed by atoms with Gasteiger partial charge in [-0.05, 0) is 30.7 Å². The number of alkyl halides is 3. The average Bonchev–Trinajstić information content (AvgIpc) is 2.75. The van der Waals surface area contributed by atoms with Gasteiger partial charge in [0.25, 0.3) is 0 Å². The Balaban J connectivity index is 2.73. The van der Waals surface area contributed by atoms with Gasteiger partial charge in [-0.2, -0.15) is 13.2 Å². The molecule has 0 radical (unpaired) electrons. The molecular weight excluding hydrogens is 416 g/mol. The van der Waals surface area contributed by atoms with E-state index in [9.17, 15) is 18.0 Å². The number of hydrogen-bond donors (Lipinski definition) is 1. The number of carbonyl (C=O) groups is 1. The molecule has 8 heteroatoms. The van der Waals surface area contributed by atoms with Gasteiger partial charge in [0.1, 0.15) is 11.3 Å². The third-order valence-corrected chi connectivity index (χ3v) is 4.62. The molecule has 0 saturated carbocycles. The SMILES string of the molecule is CCOC(=O)C(C(=NB(c1ccccc1)c1ccccc1)C(F)(F)F)=C(C)NCC(C)C. The van der Waals surface area contributed by atoms with Crippen LogP contribution in [-0.4, -0.2) is 37.9 Å². The largest absolute Gasteiger partial charge is 0.462 e. The molecule has 1 N–H and O–H groups in total. The average molecular weight is 444 g/mol. The lowest BCUT2D eigenvalue weighted by Crippen LogP contribution is -2.44. The number of rotatable bonds is 9. The Kier molecular flexibility index (Phi) is 9.11. The van der Waals surface area contributed by atoms with Crippen molar-refractivity contribution in [2.75, 3.05) is 13.2 Å². The summed E-state index contributed by atoms with van der Waals surface area (Å²) in [7, 11) is 0. The monoisotopic (exact) mass is 444 g/mol. The minimum atomic E-state index is -4.87. The Hall–Kier alpha value is -3.03. The molecule has 0 aliphatic heterocycles. The number of esters is 1. The highest BCUT2D eigenvalue weighted by molar-refractivity contribution is 6.84. The van der Waals surface area contributed by atoms with E-state index in [-0.39, 0.29) is 18.2 Å². The van der Waals surface area contributed by atoms with E-state index in [1.165, 1.54) is 6.92 Å². The second-order valence-corrected chi connectivity index (χ2v) is 7.69. The van der Waals surface area contributed by atoms with Gasteiger partial charge in [-0.25, -0.2) is 4.79 Å². The Morgan fingerprint density at radius 1 is 1.03 bits per heavy atom. The topological polar surface area (TPSA) is 50.7 Å². The molecule has 0 heterocycles. The molecule has 32 heavy (non-hydrogen) atoms. The molecule has 0 amide bonds. The van der Waals surface area contributed by atoms with Gasteiger partial charge < -0.3 is 15.0 Å². The molecule has 0 atom stereocenters. The van der Waals surface area contributed by atoms with E-state index in [0.29, 0.717) is 17.5 Å². The normalized spacial score (nSPS) is 12.9. The third-order valence-electron chi connectivity index (χ3n) is 4.62. The molecule has 0 aliphatic rings. The van der Waals surface area contributed by atoms with Gasteiger partial charge >= 0.3 is 19.0 Å². The molecule has 0 spiro atoms. The van der Waals surface area contributed by atoms with Crippen LogP contribution in [0.1, 0.15) is 27.7 Å². The smallest absolute Gasteiger partial charge is 0.432 e. The number of carbonyl (C=O) groups excluding carboxylic acids is 1. The summed E-state index contributed by atoms with van der Waals surface area (Å²) >= 11 is 0. The molecule has 0 unspecified atom stereocenters. The van der Waals surface area contributed by atoms with Crippen LogP contribution >= 0.6 is 0 Å². The predicted molar refractivity (Wildman–Crippen MR) is 124 cm³/mol. The summed E-state index contributed by atoms with van der Waals surface area (Å²) in [6, 6.07) is 17.4. The van der Waals surface area contributed by atoms with Gasteiger partial charge in [-0.3, -0.25) is 0 Å². The standard InChI is InChI=1S/C24H28BF3N2O2/c1-5-32-23(31)21(18(4)29-16-17(2)3)22(24(26,27)28)30-25(19-12-8-6-9-13-19)20-14-10-7-11-15-20/h6-15,17,29H,5,16H2,1-4H3. The summed E-state index contributed by atoms with van der Waals surface area (Å²) in [5, 5.41) is 2.92. The number of halogens is 3. The summed E-state index contributed by atoms with van der Waals surface area (Å²) in [6.07, 6.45) is -4.87. The first-order chi connectivity index (χ1) is 15.1. The lowest BCUT2D eigenvalue weighted by Gasteiger charge is -2.20. The van der Waals surface area contributed by atoms with Crippen LogP contribution in [0.4, 0.5) is 13.2 Å². The van der Waals surface area contributed by atoms with Gasteiger partial charge in [0.15, 0.2) is 0 Å². The second kappa shape index (κ2) is 11.6. The highest BCUT2D eigenvalue weighted by atomic mass is 19.4. The number of nitrogens with zero attached hydrogens (tertiary/aromatic N) is 1. The zero-order chi connectivity index (χ0) is 23.7. The van der Waals surface area contributed by atoms with E-state index in [0.717, 1.165) is 0 Å². The van der Waals surface area contributed by atoms with Gasteiger partial charge in [0.05, 0.1) is 6.61 Å². The molecule has 0 saturated heterocycles. The number of ether oxygens (including phenoxy) is 1. The van der Waals surface area contributed by atoms with Crippen LogP contribution < -0.4 is 16.2 Å². The summed E-state index contributed by atoms with van der Waals surface area (Å²) in [5.41, 5.74) is -0.625. The first-order valence-electron chi connectivity index (χ1n) is 10.5. The third kappa shape index (κ3) is 7.00. The van der Waals surface area contributed by atoms with Crippen molar-refractivity contribution in [1.29, 1.82) is 0 Å². The zero-order valence-electron chi connectivity index (χ0n) is 18.7. The highest BCUT2D eigenvalue weighted by Crippen LogP contribution is 2.25. The van der Waals surface area contributed by atoms with Crippen LogP contribution in [-0.2, 0) is 9.53 Å². The molecule has 0 aromatic heterocycles. The first-order valence-corrected chi connectivity index (χ1v) is 10.5. The minimum absolute atomic E-state index is 0.0499. The van der Waals surface area contributed by atoms with Crippen molar-refractivity contribution in [1.82, 2.24) is 5.32 Å². The fourth-order valence-corrected chi connectivity index (χ4v) is 3.10. The van der Waals surface area contributed by atoms with Crippen LogP contribution in [0.25, 0.3) is 0 Å². The van der Waals surface area contributed by atoms with Crippen molar-refractivity contribution < 1.29 is 22.7 Å². The van der Waals surface area contributed by atoms with Crippen LogP contribution in [0, 0.1) is 5.92 Å². The summed E-state index contributed by atoms with van der Waals surface area (Å²) in [4.78, 5) is 16.8. The molecule has 170 valence electrons. The van der Waals surface area contributed by atoms with E-state index >= 15 is 0 Å². The summed E-state index contributed by atoms with van der Waals surface area (Å²) < 4.78 is 47.9. The van der Waals surface area contributed by atoms with Gasteiger partial charge in [-0.1, -0.05) is 74.5 Å². The predicted octanol–water partition coefficient (Wildman–Crippen LogP) is 3.88. The molecule has 0 aliphatic carbocycles. The van der Waals surface area contributed by atoms with Crippen LogP contribution in [0.15, 0.2) is 76.8 Å². The Morgan fingerprint density at radius 3 is 1.94 bits per heavy atom. The van der Waals surface area contributed by atoms with E-state index < -0.39 is 30.3 Å². The van der Waals surface area contributed by atoms with Crippen LogP contribution in [0.5, 0.6) is 0 Å². The number of nitrogens with one attached hydrogen (secondary N) is 1. The quantitative estimate of drug-likeness (QED) is 0.277. The van der Waals surface area contributed by atoms with Crippen LogP contribution in [0.3, 0.4) is 0 Å². The van der Waals surface area contributed by atoms with E-state index in [1.54, 1.807) is 67.6 Å². The highest BCUT2D eigenvalue weighted by Gasteiger charge is 2.43. The summed E-state index contributed by atoms with van der Waals surface area (Å²) in [5.74, 6) is -0.890. The molecule has 2 aromatic carbocycles. The Bertz CT molecular complexity index is 903. The molecule has 2 aromatic rings. The zero-order valence-corrected chi connectivity index (χ0v) is 18.7. The van der Waals surface area contributed by atoms with Crippen molar-refractivity contribution in [3.63, 3.8) is 0 Å². The maximum absolute atomic E-state index is 14.3. The molecular formula is C24H28BF3N2O2. The lowest BCUT2D eigenvalue weighted by atomic mass is 9.51.